The maximum atomic E-state index is 12.9. The van der Waals surface area contributed by atoms with Crippen molar-refractivity contribution in [1.29, 1.82) is 0 Å². The van der Waals surface area contributed by atoms with Crippen molar-refractivity contribution >= 4 is 39.9 Å². The fourth-order valence-electron chi connectivity index (χ4n) is 5.86. The van der Waals surface area contributed by atoms with E-state index in [1.54, 1.807) is 0 Å². The number of nitrogens with two attached hydrogens (primary N) is 1. The fraction of sp³-hybridized carbons (Fsp3) is 0.417. The molecule has 0 bridgehead atoms. The molecule has 0 spiro atoms. The number of nitrogens with zero attached hydrogens (tertiary/aromatic N) is 2. The standard InChI is InChI=1S/C36H44N4O2S/c1-5-6-16-32-39-33-30(37)21-26(34(43)38-27-12-8-7-9-13-27)22-31(33)40(32)23-24-17-19-25(20-18-24)28-14-10-11-15-29(28)35(41)42-36(2,3)4/h10-11,14-15,17-22,27H,5-9,12-13,16,23,37H2,1-4H3,(H,38,43). The average Bonchev–Trinajstić information content (AvgIpc) is 3.33. The number of thiocarbonyl (C=S) groups is 1. The van der Waals surface area contributed by atoms with Crippen LogP contribution in [-0.2, 0) is 17.7 Å². The Labute approximate surface area is 261 Å². The Hall–Kier alpha value is -3.71. The molecule has 226 valence electrons. The molecule has 0 atom stereocenters. The second kappa shape index (κ2) is 13.3. The molecule has 43 heavy (non-hydrogen) atoms. The first-order valence-corrected chi connectivity index (χ1v) is 16.0. The highest BCUT2D eigenvalue weighted by atomic mass is 32.1. The van der Waals surface area contributed by atoms with E-state index in [2.05, 4.69) is 47.1 Å². The van der Waals surface area contributed by atoms with Gasteiger partial charge in [0.25, 0.3) is 0 Å². The molecule has 0 radical (unpaired) electrons. The van der Waals surface area contributed by atoms with Crippen LogP contribution in [0.1, 0.15) is 99.9 Å². The van der Waals surface area contributed by atoms with Crippen LogP contribution in [-0.4, -0.2) is 32.2 Å². The highest BCUT2D eigenvalue weighted by molar-refractivity contribution is 7.80. The summed E-state index contributed by atoms with van der Waals surface area (Å²) in [5, 5.41) is 3.60. The number of benzene rings is 3. The number of fused-ring (bicyclic) bond motifs is 1. The molecule has 3 aromatic carbocycles. The van der Waals surface area contributed by atoms with Crippen molar-refractivity contribution in [2.45, 2.75) is 97.2 Å². The van der Waals surface area contributed by atoms with Gasteiger partial charge in [-0.3, -0.25) is 0 Å². The van der Waals surface area contributed by atoms with Gasteiger partial charge in [-0.15, -0.1) is 0 Å². The van der Waals surface area contributed by atoms with E-state index in [1.165, 1.54) is 19.3 Å². The molecular formula is C36H44N4O2S. The van der Waals surface area contributed by atoms with Gasteiger partial charge in [-0.05, 0) is 74.9 Å². The van der Waals surface area contributed by atoms with Crippen LogP contribution in [0.3, 0.4) is 0 Å². The Bertz CT molecular complexity index is 1590. The van der Waals surface area contributed by atoms with Crippen LogP contribution in [0.25, 0.3) is 22.2 Å². The number of hydrogen-bond donors (Lipinski definition) is 2. The topological polar surface area (TPSA) is 82.2 Å². The zero-order chi connectivity index (χ0) is 30.6. The number of unbranched alkanes of at least 4 members (excludes halogenated alkanes) is 1. The molecule has 4 aromatic rings. The van der Waals surface area contributed by atoms with Crippen molar-refractivity contribution in [3.63, 3.8) is 0 Å². The first-order chi connectivity index (χ1) is 20.6. The highest BCUT2D eigenvalue weighted by Gasteiger charge is 2.21. The number of anilines is 1. The monoisotopic (exact) mass is 596 g/mol. The maximum absolute atomic E-state index is 12.9. The van der Waals surface area contributed by atoms with Gasteiger partial charge in [-0.2, -0.15) is 0 Å². The molecule has 1 aliphatic rings. The van der Waals surface area contributed by atoms with Gasteiger partial charge in [0.15, 0.2) is 0 Å². The van der Waals surface area contributed by atoms with Crippen molar-refractivity contribution in [1.82, 2.24) is 14.9 Å². The molecule has 0 saturated heterocycles. The van der Waals surface area contributed by atoms with Gasteiger partial charge in [0.1, 0.15) is 21.9 Å². The number of nitrogen functional groups attached to an aromatic ring is 1. The zero-order valence-corrected chi connectivity index (χ0v) is 26.7. The molecule has 1 aromatic heterocycles. The van der Waals surface area contributed by atoms with Crippen LogP contribution >= 0.6 is 12.2 Å². The van der Waals surface area contributed by atoms with Crippen molar-refractivity contribution < 1.29 is 9.53 Å². The number of ether oxygens (including phenoxy) is 1. The van der Waals surface area contributed by atoms with E-state index in [9.17, 15) is 4.79 Å². The Balaban J connectivity index is 1.45. The lowest BCUT2D eigenvalue weighted by Gasteiger charge is -2.24. The van der Waals surface area contributed by atoms with Crippen molar-refractivity contribution in [2.75, 3.05) is 5.73 Å². The third-order valence-electron chi connectivity index (χ3n) is 8.07. The van der Waals surface area contributed by atoms with Gasteiger partial charge in [-0.25, -0.2) is 9.78 Å². The lowest BCUT2D eigenvalue weighted by molar-refractivity contribution is 0.00704. The van der Waals surface area contributed by atoms with Crippen LogP contribution in [0, 0.1) is 0 Å². The number of rotatable bonds is 9. The summed E-state index contributed by atoms with van der Waals surface area (Å²) in [4.78, 5) is 18.7. The number of aromatic nitrogens is 2. The minimum atomic E-state index is -0.559. The van der Waals surface area contributed by atoms with E-state index in [4.69, 9.17) is 27.7 Å². The van der Waals surface area contributed by atoms with E-state index in [-0.39, 0.29) is 5.97 Å². The van der Waals surface area contributed by atoms with Crippen LogP contribution in [0.5, 0.6) is 0 Å². The molecule has 0 aliphatic heterocycles. The summed E-state index contributed by atoms with van der Waals surface area (Å²) in [6, 6.07) is 20.6. The SMILES string of the molecule is CCCCc1nc2c(N)cc(C(=S)NC3CCCCC3)cc2n1Cc1ccc(-c2ccccc2C(=O)OC(C)(C)C)cc1. The molecule has 3 N–H and O–H groups in total. The Kier molecular flexibility index (Phi) is 9.50. The Morgan fingerprint density at radius 2 is 1.79 bits per heavy atom. The molecule has 5 rings (SSSR count). The number of carbonyl (C=O) groups excluding carboxylic acids is 1. The van der Waals surface area contributed by atoms with Gasteiger partial charge < -0.3 is 20.4 Å². The summed E-state index contributed by atoms with van der Waals surface area (Å²) < 4.78 is 7.96. The summed E-state index contributed by atoms with van der Waals surface area (Å²) in [7, 11) is 0. The normalized spacial score (nSPS) is 14.1. The van der Waals surface area contributed by atoms with Crippen LogP contribution in [0.2, 0.25) is 0 Å². The minimum absolute atomic E-state index is 0.318. The van der Waals surface area contributed by atoms with E-state index < -0.39 is 5.60 Å². The van der Waals surface area contributed by atoms with Gasteiger partial charge in [0, 0.05) is 24.6 Å². The van der Waals surface area contributed by atoms with Gasteiger partial charge >= 0.3 is 5.97 Å². The minimum Gasteiger partial charge on any atom is -0.456 e. The van der Waals surface area contributed by atoms with E-state index in [1.807, 2.05) is 51.1 Å². The highest BCUT2D eigenvalue weighted by Crippen LogP contribution is 2.29. The van der Waals surface area contributed by atoms with Crippen molar-refractivity contribution in [3.05, 3.63) is 83.2 Å². The number of carbonyl (C=O) groups is 1. The number of esters is 1. The summed E-state index contributed by atoms with van der Waals surface area (Å²) >= 11 is 5.86. The number of nitrogens with one attached hydrogen (secondary N) is 1. The molecule has 6 nitrogen and oxygen atoms in total. The summed E-state index contributed by atoms with van der Waals surface area (Å²) in [5.41, 5.74) is 13.0. The molecule has 1 aliphatic carbocycles. The predicted molar refractivity (Wildman–Crippen MR) is 181 cm³/mol. The second-order valence-corrected chi connectivity index (χ2v) is 13.1. The van der Waals surface area contributed by atoms with E-state index in [0.717, 1.165) is 76.2 Å². The first kappa shape index (κ1) is 30.7. The predicted octanol–water partition coefficient (Wildman–Crippen LogP) is 8.23. The largest absolute Gasteiger partial charge is 0.456 e. The molecular weight excluding hydrogens is 552 g/mol. The van der Waals surface area contributed by atoms with Gasteiger partial charge in [0.2, 0.25) is 0 Å². The summed E-state index contributed by atoms with van der Waals surface area (Å²) in [6.45, 7) is 8.51. The molecule has 1 fully saturated rings. The van der Waals surface area contributed by atoms with Gasteiger partial charge in [0.05, 0.1) is 16.8 Å². The van der Waals surface area contributed by atoms with Crippen LogP contribution < -0.4 is 11.1 Å². The fourth-order valence-corrected chi connectivity index (χ4v) is 6.15. The van der Waals surface area contributed by atoms with E-state index >= 15 is 0 Å². The smallest absolute Gasteiger partial charge is 0.339 e. The average molecular weight is 597 g/mol. The lowest BCUT2D eigenvalue weighted by Crippen LogP contribution is -2.35. The second-order valence-electron chi connectivity index (χ2n) is 12.7. The number of hydrogen-bond acceptors (Lipinski definition) is 5. The maximum Gasteiger partial charge on any atom is 0.339 e. The third kappa shape index (κ3) is 7.45. The first-order valence-electron chi connectivity index (χ1n) is 15.6. The van der Waals surface area contributed by atoms with Gasteiger partial charge in [-0.1, -0.05) is 87.3 Å². The van der Waals surface area contributed by atoms with Crippen molar-refractivity contribution in [3.8, 4) is 11.1 Å². The number of aryl methyl sites for hydroxylation is 1. The number of imidazole rings is 1. The molecule has 0 amide bonds. The van der Waals surface area contributed by atoms with Crippen LogP contribution in [0.4, 0.5) is 5.69 Å². The quantitative estimate of drug-likeness (QED) is 0.115. The zero-order valence-electron chi connectivity index (χ0n) is 25.9. The molecule has 0 unspecified atom stereocenters. The van der Waals surface area contributed by atoms with Crippen LogP contribution in [0.15, 0.2) is 60.7 Å². The molecule has 1 saturated carbocycles. The lowest BCUT2D eigenvalue weighted by atomic mass is 9.95. The Morgan fingerprint density at radius 3 is 2.49 bits per heavy atom. The molecule has 7 heteroatoms. The van der Waals surface area contributed by atoms with Crippen molar-refractivity contribution in [2.24, 2.45) is 0 Å². The Morgan fingerprint density at radius 1 is 1.07 bits per heavy atom. The summed E-state index contributed by atoms with van der Waals surface area (Å²) in [5.74, 6) is 0.716. The van der Waals surface area contributed by atoms with E-state index in [0.29, 0.717) is 23.8 Å². The third-order valence-corrected chi connectivity index (χ3v) is 8.42. The summed E-state index contributed by atoms with van der Waals surface area (Å²) in [6.07, 6.45) is 9.15. The molecule has 1 heterocycles.